The van der Waals surface area contributed by atoms with Gasteiger partial charge in [-0.1, -0.05) is 0 Å². The van der Waals surface area contributed by atoms with Crippen LogP contribution in [0.25, 0.3) is 0 Å². The normalized spacial score (nSPS) is 10.1. The van der Waals surface area contributed by atoms with Crippen LogP contribution in [0.1, 0.15) is 0 Å². The number of hydrogen-bond donors (Lipinski definition) is 1. The molecular weight excluding hydrogens is 230 g/mol. The number of rotatable bonds is 4. The van der Waals surface area contributed by atoms with Gasteiger partial charge in [-0.25, -0.2) is 4.98 Å². The molecule has 16 heavy (non-hydrogen) atoms. The molecule has 2 heterocycles. The lowest BCUT2D eigenvalue weighted by molar-refractivity contribution is 0.373. The molecule has 0 amide bonds. The fourth-order valence-electron chi connectivity index (χ4n) is 0.926. The molecule has 0 atom stereocenters. The van der Waals surface area contributed by atoms with Gasteiger partial charge in [0.15, 0.2) is 0 Å². The van der Waals surface area contributed by atoms with Crippen molar-refractivity contribution in [3.05, 3.63) is 12.5 Å². The van der Waals surface area contributed by atoms with E-state index in [2.05, 4.69) is 25.3 Å². The maximum atomic E-state index is 5.07. The highest BCUT2D eigenvalue weighted by Gasteiger charge is 2.09. The molecule has 8 heteroatoms. The van der Waals surface area contributed by atoms with Crippen LogP contribution in [0.3, 0.4) is 0 Å². The van der Waals surface area contributed by atoms with E-state index >= 15 is 0 Å². The van der Waals surface area contributed by atoms with E-state index in [1.165, 1.54) is 25.1 Å². The van der Waals surface area contributed by atoms with E-state index in [0.29, 0.717) is 16.3 Å². The molecule has 0 spiro atoms. The van der Waals surface area contributed by atoms with Crippen LogP contribution < -0.4 is 10.1 Å². The van der Waals surface area contributed by atoms with E-state index < -0.39 is 0 Å². The SMILES string of the molecule is CNc1nc(OC)nc(Sc2ncco2)n1. The van der Waals surface area contributed by atoms with Crippen molar-refractivity contribution in [1.82, 2.24) is 19.9 Å². The average Bonchev–Trinajstić information content (AvgIpc) is 2.81. The van der Waals surface area contributed by atoms with Crippen LogP contribution in [0.15, 0.2) is 27.3 Å². The summed E-state index contributed by atoms with van der Waals surface area (Å²) in [7, 11) is 3.21. The van der Waals surface area contributed by atoms with Gasteiger partial charge in [-0.05, 0) is 0 Å². The fourth-order valence-corrected chi connectivity index (χ4v) is 1.55. The summed E-state index contributed by atoms with van der Waals surface area (Å²) in [5.74, 6) is 0.431. The number of oxazole rings is 1. The minimum absolute atomic E-state index is 0.244. The van der Waals surface area contributed by atoms with Gasteiger partial charge < -0.3 is 14.5 Å². The third-order valence-electron chi connectivity index (χ3n) is 1.59. The van der Waals surface area contributed by atoms with Crippen LogP contribution in [0.5, 0.6) is 6.01 Å². The van der Waals surface area contributed by atoms with Gasteiger partial charge in [0.2, 0.25) is 11.1 Å². The highest BCUT2D eigenvalue weighted by Crippen LogP contribution is 2.24. The van der Waals surface area contributed by atoms with Crippen molar-refractivity contribution in [2.75, 3.05) is 19.5 Å². The third-order valence-corrected chi connectivity index (χ3v) is 2.33. The van der Waals surface area contributed by atoms with Gasteiger partial charge in [-0.3, -0.25) is 0 Å². The Morgan fingerprint density at radius 3 is 2.88 bits per heavy atom. The van der Waals surface area contributed by atoms with Crippen molar-refractivity contribution in [1.29, 1.82) is 0 Å². The van der Waals surface area contributed by atoms with E-state index in [4.69, 9.17) is 9.15 Å². The number of aromatic nitrogens is 4. The Hall–Kier alpha value is -1.83. The van der Waals surface area contributed by atoms with E-state index in [0.717, 1.165) is 0 Å². The Morgan fingerprint density at radius 2 is 2.25 bits per heavy atom. The largest absolute Gasteiger partial charge is 0.467 e. The molecular formula is C8H9N5O2S. The molecule has 0 aromatic carbocycles. The lowest BCUT2D eigenvalue weighted by Gasteiger charge is -2.03. The number of hydrogen-bond acceptors (Lipinski definition) is 8. The summed E-state index contributed by atoms with van der Waals surface area (Å²) in [6.07, 6.45) is 3.04. The van der Waals surface area contributed by atoms with E-state index in [9.17, 15) is 0 Å². The molecule has 0 radical (unpaired) electrons. The van der Waals surface area contributed by atoms with Gasteiger partial charge in [0.25, 0.3) is 5.22 Å². The highest BCUT2D eigenvalue weighted by atomic mass is 32.2. The maximum Gasteiger partial charge on any atom is 0.321 e. The summed E-state index contributed by atoms with van der Waals surface area (Å²) in [6.45, 7) is 0. The van der Waals surface area contributed by atoms with Crippen LogP contribution in [0, 0.1) is 0 Å². The Labute approximate surface area is 95.7 Å². The summed E-state index contributed by atoms with van der Waals surface area (Å²) >= 11 is 1.19. The number of nitrogens with zero attached hydrogens (tertiary/aromatic N) is 4. The smallest absolute Gasteiger partial charge is 0.321 e. The molecule has 0 bridgehead atoms. The second-order valence-corrected chi connectivity index (χ2v) is 3.50. The molecule has 0 aliphatic rings. The number of nitrogens with one attached hydrogen (secondary N) is 1. The molecule has 0 aliphatic heterocycles. The van der Waals surface area contributed by atoms with E-state index in [-0.39, 0.29) is 6.01 Å². The summed E-state index contributed by atoms with van der Waals surface area (Å²) in [5, 5.41) is 3.74. The summed E-state index contributed by atoms with van der Waals surface area (Å²) in [6, 6.07) is 0.244. The first-order valence-corrected chi connectivity index (χ1v) is 5.18. The number of anilines is 1. The van der Waals surface area contributed by atoms with Crippen LogP contribution >= 0.6 is 11.8 Å². The monoisotopic (exact) mass is 239 g/mol. The standard InChI is InChI=1S/C8H9N5O2S/c1-9-5-11-6(14-2)13-7(12-5)16-8-10-3-4-15-8/h3-4H,1-2H3,(H,9,11,12,13). The summed E-state index contributed by atoms with van der Waals surface area (Å²) < 4.78 is 10.0. The zero-order chi connectivity index (χ0) is 11.4. The molecule has 84 valence electrons. The lowest BCUT2D eigenvalue weighted by atomic mass is 10.9. The van der Waals surface area contributed by atoms with Gasteiger partial charge in [-0.2, -0.15) is 15.0 Å². The molecule has 0 fully saturated rings. The zero-order valence-corrected chi connectivity index (χ0v) is 9.48. The zero-order valence-electron chi connectivity index (χ0n) is 8.67. The van der Waals surface area contributed by atoms with Gasteiger partial charge in [-0.15, -0.1) is 0 Å². The topological polar surface area (TPSA) is 86.0 Å². The van der Waals surface area contributed by atoms with Gasteiger partial charge in [0, 0.05) is 18.8 Å². The first-order valence-electron chi connectivity index (χ1n) is 4.37. The average molecular weight is 239 g/mol. The maximum absolute atomic E-state index is 5.07. The Morgan fingerprint density at radius 1 is 1.38 bits per heavy atom. The first kappa shape index (κ1) is 10.7. The van der Waals surface area contributed by atoms with E-state index in [1.54, 1.807) is 13.2 Å². The van der Waals surface area contributed by atoms with Crippen LogP contribution in [0.4, 0.5) is 5.95 Å². The van der Waals surface area contributed by atoms with Gasteiger partial charge in [0.1, 0.15) is 6.26 Å². The fraction of sp³-hybridized carbons (Fsp3) is 0.250. The number of methoxy groups -OCH3 is 1. The summed E-state index contributed by atoms with van der Waals surface area (Å²) in [5.41, 5.74) is 0. The molecule has 0 saturated carbocycles. The highest BCUT2D eigenvalue weighted by molar-refractivity contribution is 7.98. The molecule has 0 saturated heterocycles. The van der Waals surface area contributed by atoms with Crippen LogP contribution in [0.2, 0.25) is 0 Å². The Balaban J connectivity index is 2.26. The molecule has 0 unspecified atom stereocenters. The van der Waals surface area contributed by atoms with Crippen molar-refractivity contribution in [3.63, 3.8) is 0 Å². The Bertz CT molecular complexity index is 439. The van der Waals surface area contributed by atoms with E-state index in [1.807, 2.05) is 0 Å². The molecule has 2 rings (SSSR count). The second-order valence-electron chi connectivity index (χ2n) is 2.58. The molecule has 1 N–H and O–H groups in total. The predicted molar refractivity (Wildman–Crippen MR) is 56.6 cm³/mol. The Kier molecular flexibility index (Phi) is 3.20. The van der Waals surface area contributed by atoms with Crippen molar-refractivity contribution < 1.29 is 9.15 Å². The lowest BCUT2D eigenvalue weighted by Crippen LogP contribution is -2.02. The second kappa shape index (κ2) is 4.79. The van der Waals surface area contributed by atoms with Crippen molar-refractivity contribution in [2.24, 2.45) is 0 Å². The number of ether oxygens (including phenoxy) is 1. The van der Waals surface area contributed by atoms with Crippen LogP contribution in [-0.4, -0.2) is 34.1 Å². The van der Waals surface area contributed by atoms with Crippen LogP contribution in [-0.2, 0) is 0 Å². The van der Waals surface area contributed by atoms with Crippen molar-refractivity contribution in [2.45, 2.75) is 10.4 Å². The summed E-state index contributed by atoms with van der Waals surface area (Å²) in [4.78, 5) is 16.1. The minimum Gasteiger partial charge on any atom is -0.467 e. The quantitative estimate of drug-likeness (QED) is 0.847. The van der Waals surface area contributed by atoms with Crippen molar-refractivity contribution in [3.8, 4) is 6.01 Å². The first-order chi connectivity index (χ1) is 7.81. The van der Waals surface area contributed by atoms with Crippen molar-refractivity contribution >= 4 is 17.7 Å². The third kappa shape index (κ3) is 2.40. The predicted octanol–water partition coefficient (Wildman–Crippen LogP) is 1.06. The minimum atomic E-state index is 0.244. The van der Waals surface area contributed by atoms with Gasteiger partial charge in [0.05, 0.1) is 13.3 Å². The van der Waals surface area contributed by atoms with Gasteiger partial charge >= 0.3 is 6.01 Å². The molecule has 2 aromatic rings. The molecule has 0 aliphatic carbocycles. The molecule has 7 nitrogen and oxygen atoms in total. The molecule has 2 aromatic heterocycles.